The zero-order chi connectivity index (χ0) is 17.3. The lowest BCUT2D eigenvalue weighted by molar-refractivity contribution is 0.0485. The molecule has 1 aliphatic rings. The molecule has 2 aromatic rings. The summed E-state index contributed by atoms with van der Waals surface area (Å²) in [7, 11) is 0. The minimum absolute atomic E-state index is 0.0161. The summed E-state index contributed by atoms with van der Waals surface area (Å²) in [5.74, 6) is 1.00. The summed E-state index contributed by atoms with van der Waals surface area (Å²) in [5.41, 5.74) is 2.19. The lowest BCUT2D eigenvalue weighted by atomic mass is 10.2. The second kappa shape index (κ2) is 6.65. The first-order chi connectivity index (χ1) is 11.4. The molecule has 5 nitrogen and oxygen atoms in total. The van der Waals surface area contributed by atoms with Crippen molar-refractivity contribution >= 4 is 29.2 Å². The topological polar surface area (TPSA) is 61.6 Å². The summed E-state index contributed by atoms with van der Waals surface area (Å²) >= 11 is 11.8. The Labute approximate surface area is 149 Å². The number of nitrogens with zero attached hydrogens (tertiary/aromatic N) is 1. The molecule has 1 aromatic heterocycles. The van der Waals surface area contributed by atoms with E-state index in [4.69, 9.17) is 37.2 Å². The van der Waals surface area contributed by atoms with Gasteiger partial charge in [-0.15, -0.1) is 23.2 Å². The lowest BCUT2D eigenvalue weighted by Crippen LogP contribution is -2.09. The Morgan fingerprint density at radius 1 is 1.33 bits per heavy atom. The summed E-state index contributed by atoms with van der Waals surface area (Å²) in [4.78, 5) is 12.0. The van der Waals surface area contributed by atoms with Crippen molar-refractivity contribution in [3.05, 3.63) is 46.8 Å². The van der Waals surface area contributed by atoms with E-state index in [1.807, 2.05) is 13.8 Å². The van der Waals surface area contributed by atoms with Gasteiger partial charge in [-0.2, -0.15) is 0 Å². The Balaban J connectivity index is 1.52. The fraction of sp³-hybridized carbons (Fsp3) is 0.412. The van der Waals surface area contributed by atoms with E-state index in [0.29, 0.717) is 24.3 Å². The smallest absolute Gasteiger partial charge is 0.338 e. The molecule has 1 aliphatic carbocycles. The zero-order valence-corrected chi connectivity index (χ0v) is 14.9. The number of carbonyl (C=O) groups is 1. The summed E-state index contributed by atoms with van der Waals surface area (Å²) in [5, 5.41) is 3.88. The number of halogens is 2. The normalized spacial score (nSPS) is 18.2. The van der Waals surface area contributed by atoms with Crippen LogP contribution < -0.4 is 4.74 Å². The van der Waals surface area contributed by atoms with Crippen LogP contribution in [0.5, 0.6) is 5.75 Å². The molecule has 0 N–H and O–H groups in total. The minimum atomic E-state index is -0.740. The highest BCUT2D eigenvalue weighted by Crippen LogP contribution is 2.53. The third-order valence-corrected chi connectivity index (χ3v) is 4.95. The van der Waals surface area contributed by atoms with E-state index in [9.17, 15) is 4.79 Å². The van der Waals surface area contributed by atoms with Crippen LogP contribution in [0.25, 0.3) is 0 Å². The van der Waals surface area contributed by atoms with Gasteiger partial charge in [-0.05, 0) is 44.5 Å². The maximum absolute atomic E-state index is 12.0. The SMILES string of the molecule is Cc1noc(C)c1COc1ccc(C(=O)OC[C@@H]2CC2(Cl)Cl)cc1. The summed E-state index contributed by atoms with van der Waals surface area (Å²) < 4.78 is 15.3. The van der Waals surface area contributed by atoms with E-state index in [0.717, 1.165) is 17.0 Å². The molecule has 24 heavy (non-hydrogen) atoms. The molecule has 1 heterocycles. The molecule has 1 aromatic carbocycles. The molecule has 0 spiro atoms. The van der Waals surface area contributed by atoms with Crippen molar-refractivity contribution in [3.63, 3.8) is 0 Å². The van der Waals surface area contributed by atoms with Gasteiger partial charge in [0.15, 0.2) is 0 Å². The van der Waals surface area contributed by atoms with Crippen molar-refractivity contribution in [1.29, 1.82) is 0 Å². The molecule has 0 aliphatic heterocycles. The number of rotatable bonds is 6. The molecule has 0 saturated heterocycles. The van der Waals surface area contributed by atoms with Crippen LogP contribution in [-0.4, -0.2) is 22.1 Å². The molecule has 1 saturated carbocycles. The Bertz CT molecular complexity index is 720. The van der Waals surface area contributed by atoms with Crippen molar-refractivity contribution in [2.75, 3.05) is 6.61 Å². The Morgan fingerprint density at radius 2 is 2.00 bits per heavy atom. The molecule has 0 unspecified atom stereocenters. The number of alkyl halides is 2. The Kier molecular flexibility index (Phi) is 4.74. The van der Waals surface area contributed by atoms with Gasteiger partial charge in [-0.1, -0.05) is 5.16 Å². The molecule has 0 bridgehead atoms. The lowest BCUT2D eigenvalue weighted by Gasteiger charge is -2.08. The molecule has 1 fully saturated rings. The predicted octanol–water partition coefficient (Wildman–Crippen LogP) is 4.22. The van der Waals surface area contributed by atoms with Gasteiger partial charge in [-0.3, -0.25) is 0 Å². The van der Waals surface area contributed by atoms with Crippen molar-refractivity contribution in [2.45, 2.75) is 31.2 Å². The highest BCUT2D eigenvalue weighted by atomic mass is 35.5. The van der Waals surface area contributed by atoms with E-state index in [1.165, 1.54) is 0 Å². The van der Waals surface area contributed by atoms with E-state index in [-0.39, 0.29) is 12.5 Å². The number of hydrogen-bond acceptors (Lipinski definition) is 5. The van der Waals surface area contributed by atoms with Gasteiger partial charge in [0, 0.05) is 5.92 Å². The standard InChI is InChI=1S/C17H17Cl2NO4/c1-10-15(11(2)24-20-10)9-22-14-5-3-12(4-6-14)16(21)23-8-13-7-17(13,18)19/h3-6,13H,7-9H2,1-2H3/t13-/m0/s1. The van der Waals surface area contributed by atoms with Gasteiger partial charge >= 0.3 is 5.97 Å². The van der Waals surface area contributed by atoms with Crippen LogP contribution >= 0.6 is 23.2 Å². The summed E-state index contributed by atoms with van der Waals surface area (Å²) in [6, 6.07) is 6.76. The molecule has 1 atom stereocenters. The number of ether oxygens (including phenoxy) is 2. The Hall–Kier alpha value is -1.72. The number of benzene rings is 1. The summed E-state index contributed by atoms with van der Waals surface area (Å²) in [6.45, 7) is 4.30. The largest absolute Gasteiger partial charge is 0.489 e. The highest BCUT2D eigenvalue weighted by molar-refractivity contribution is 6.50. The maximum atomic E-state index is 12.0. The summed E-state index contributed by atoms with van der Waals surface area (Å²) in [6.07, 6.45) is 0.651. The number of aryl methyl sites for hydroxylation is 2. The molecule has 0 radical (unpaired) electrons. The fourth-order valence-electron chi connectivity index (χ4n) is 2.26. The number of hydrogen-bond donors (Lipinski definition) is 0. The first-order valence-electron chi connectivity index (χ1n) is 7.56. The van der Waals surface area contributed by atoms with Gasteiger partial charge in [-0.25, -0.2) is 4.79 Å². The van der Waals surface area contributed by atoms with Crippen molar-refractivity contribution in [3.8, 4) is 5.75 Å². The maximum Gasteiger partial charge on any atom is 0.338 e. The molecule has 3 rings (SSSR count). The van der Waals surface area contributed by atoms with Crippen molar-refractivity contribution in [1.82, 2.24) is 5.16 Å². The predicted molar refractivity (Wildman–Crippen MR) is 89.6 cm³/mol. The third-order valence-electron chi connectivity index (χ3n) is 4.03. The van der Waals surface area contributed by atoms with Gasteiger partial charge in [0.2, 0.25) is 0 Å². The van der Waals surface area contributed by atoms with Crippen LogP contribution in [0.15, 0.2) is 28.8 Å². The molecule has 7 heteroatoms. The molecule has 0 amide bonds. The molecular formula is C17H17Cl2NO4. The second-order valence-corrected chi connectivity index (χ2v) is 7.42. The number of carbonyl (C=O) groups excluding carboxylic acids is 1. The molecular weight excluding hydrogens is 353 g/mol. The van der Waals surface area contributed by atoms with Crippen LogP contribution in [-0.2, 0) is 11.3 Å². The van der Waals surface area contributed by atoms with Gasteiger partial charge in [0.05, 0.1) is 23.4 Å². The quantitative estimate of drug-likeness (QED) is 0.563. The van der Waals surface area contributed by atoms with Gasteiger partial charge < -0.3 is 14.0 Å². The zero-order valence-electron chi connectivity index (χ0n) is 13.3. The van der Waals surface area contributed by atoms with Crippen LogP contribution in [0.4, 0.5) is 0 Å². The first-order valence-corrected chi connectivity index (χ1v) is 8.32. The minimum Gasteiger partial charge on any atom is -0.489 e. The highest BCUT2D eigenvalue weighted by Gasteiger charge is 2.52. The van der Waals surface area contributed by atoms with E-state index in [1.54, 1.807) is 24.3 Å². The van der Waals surface area contributed by atoms with E-state index < -0.39 is 10.3 Å². The Morgan fingerprint density at radius 3 is 2.54 bits per heavy atom. The van der Waals surface area contributed by atoms with Crippen LogP contribution in [0.2, 0.25) is 0 Å². The van der Waals surface area contributed by atoms with Crippen LogP contribution in [0, 0.1) is 19.8 Å². The number of esters is 1. The molecule has 128 valence electrons. The van der Waals surface area contributed by atoms with Crippen LogP contribution in [0.1, 0.15) is 33.8 Å². The van der Waals surface area contributed by atoms with E-state index >= 15 is 0 Å². The number of aromatic nitrogens is 1. The fourth-order valence-corrected chi connectivity index (χ4v) is 2.76. The average molecular weight is 370 g/mol. The van der Waals surface area contributed by atoms with Gasteiger partial charge in [0.25, 0.3) is 0 Å². The van der Waals surface area contributed by atoms with Crippen LogP contribution in [0.3, 0.4) is 0 Å². The van der Waals surface area contributed by atoms with Crippen molar-refractivity contribution in [2.24, 2.45) is 5.92 Å². The second-order valence-electron chi connectivity index (χ2n) is 5.88. The average Bonchev–Trinajstić information content (AvgIpc) is 3.05. The first kappa shape index (κ1) is 17.1. The van der Waals surface area contributed by atoms with Gasteiger partial charge in [0.1, 0.15) is 22.4 Å². The van der Waals surface area contributed by atoms with Crippen molar-refractivity contribution < 1.29 is 18.8 Å². The third kappa shape index (κ3) is 3.84. The van der Waals surface area contributed by atoms with E-state index in [2.05, 4.69) is 5.16 Å². The monoisotopic (exact) mass is 369 g/mol.